The second-order valence-electron chi connectivity index (χ2n) is 8.91. The zero-order valence-corrected chi connectivity index (χ0v) is 16.0. The minimum absolute atomic E-state index is 0.0429. The van der Waals surface area contributed by atoms with Gasteiger partial charge in [0.05, 0.1) is 23.0 Å². The Balaban J connectivity index is 1.56. The minimum atomic E-state index is -4.24. The van der Waals surface area contributed by atoms with Crippen molar-refractivity contribution < 1.29 is 27.1 Å². The molecule has 0 aromatic rings. The molecule has 7 nitrogen and oxygen atoms in total. The maximum absolute atomic E-state index is 12.7. The Bertz CT molecular complexity index is 764. The number of Topliss-reactive ketones (excluding diaryl/α,β-unsaturated/α-hetero) is 1. The highest BCUT2D eigenvalue weighted by Crippen LogP contribution is 2.64. The van der Waals surface area contributed by atoms with Gasteiger partial charge in [-0.15, -0.1) is 9.35 Å². The van der Waals surface area contributed by atoms with Crippen molar-refractivity contribution in [3.05, 3.63) is 0 Å². The van der Waals surface area contributed by atoms with Crippen LogP contribution in [0.3, 0.4) is 0 Å². The number of ketones is 1. The van der Waals surface area contributed by atoms with E-state index < -0.39 is 50.4 Å². The van der Waals surface area contributed by atoms with Crippen molar-refractivity contribution >= 4 is 27.7 Å². The van der Waals surface area contributed by atoms with Gasteiger partial charge in [0, 0.05) is 6.42 Å². The number of carbonyl (C=O) groups excluding carboxylic acids is 3. The third-order valence-corrected chi connectivity index (χ3v) is 8.77. The van der Waals surface area contributed by atoms with Crippen molar-refractivity contribution in [1.29, 1.82) is 0 Å². The molecule has 4 rings (SSSR count). The van der Waals surface area contributed by atoms with Crippen LogP contribution in [0.15, 0.2) is 0 Å². The fourth-order valence-electron chi connectivity index (χ4n) is 5.76. The van der Waals surface area contributed by atoms with Crippen LogP contribution >= 0.6 is 0 Å². The normalized spacial score (nSPS) is 38.9. The summed E-state index contributed by atoms with van der Waals surface area (Å²) >= 11 is 0. The molecule has 0 aromatic carbocycles. The van der Waals surface area contributed by atoms with Crippen LogP contribution in [0.4, 0.5) is 0 Å². The van der Waals surface area contributed by atoms with Gasteiger partial charge in [-0.25, -0.2) is 0 Å². The SMILES string of the molecule is CC1(C)C2CCC1(CS(=O)(=O)ON1C(=O)C3CCCCC3C1=O)C(=O)C2. The second kappa shape index (κ2) is 5.61. The van der Waals surface area contributed by atoms with E-state index in [2.05, 4.69) is 0 Å². The van der Waals surface area contributed by atoms with Crippen molar-refractivity contribution in [3.63, 3.8) is 0 Å². The van der Waals surface area contributed by atoms with E-state index in [4.69, 9.17) is 4.28 Å². The Morgan fingerprint density at radius 3 is 2.08 bits per heavy atom. The lowest BCUT2D eigenvalue weighted by atomic mass is 9.70. The molecule has 1 aliphatic heterocycles. The number of carbonyl (C=O) groups is 3. The predicted octanol–water partition coefficient (Wildman–Crippen LogP) is 1.82. The first kappa shape index (κ1) is 18.1. The number of nitrogens with zero attached hydrogens (tertiary/aromatic N) is 1. The molecule has 4 fully saturated rings. The molecule has 3 saturated carbocycles. The largest absolute Gasteiger partial charge is 0.299 e. The molecular weight excluding hydrogens is 358 g/mol. The number of fused-ring (bicyclic) bond motifs is 3. The average molecular weight is 383 g/mol. The number of amides is 2. The van der Waals surface area contributed by atoms with E-state index >= 15 is 0 Å². The molecule has 0 N–H and O–H groups in total. The smallest absolute Gasteiger partial charge is 0.289 e. The number of rotatable bonds is 4. The number of hydrogen-bond acceptors (Lipinski definition) is 6. The topological polar surface area (TPSA) is 97.8 Å². The molecule has 0 aromatic heterocycles. The third-order valence-electron chi connectivity index (χ3n) is 7.55. The summed E-state index contributed by atoms with van der Waals surface area (Å²) in [5, 5.41) is 0.464. The van der Waals surface area contributed by atoms with Crippen LogP contribution in [0, 0.1) is 28.6 Å². The summed E-state index contributed by atoms with van der Waals surface area (Å²) in [5.41, 5.74) is -1.40. The molecule has 4 unspecified atom stereocenters. The van der Waals surface area contributed by atoms with Gasteiger partial charge in [-0.2, -0.15) is 8.42 Å². The zero-order valence-electron chi connectivity index (χ0n) is 15.2. The summed E-state index contributed by atoms with van der Waals surface area (Å²) in [4.78, 5) is 37.5. The Morgan fingerprint density at radius 2 is 1.62 bits per heavy atom. The highest BCUT2D eigenvalue weighted by molar-refractivity contribution is 7.86. The van der Waals surface area contributed by atoms with Crippen molar-refractivity contribution in [2.24, 2.45) is 28.6 Å². The summed E-state index contributed by atoms with van der Waals surface area (Å²) in [6, 6.07) is 0. The van der Waals surface area contributed by atoms with E-state index in [0.29, 0.717) is 30.7 Å². The Hall–Kier alpha value is -1.28. The molecular formula is C18H25NO6S. The predicted molar refractivity (Wildman–Crippen MR) is 90.7 cm³/mol. The van der Waals surface area contributed by atoms with Gasteiger partial charge < -0.3 is 0 Å². The molecule has 2 bridgehead atoms. The van der Waals surface area contributed by atoms with Gasteiger partial charge in [0.25, 0.3) is 21.9 Å². The minimum Gasteiger partial charge on any atom is -0.299 e. The summed E-state index contributed by atoms with van der Waals surface area (Å²) in [6.45, 7) is 3.87. The van der Waals surface area contributed by atoms with E-state index in [0.717, 1.165) is 19.3 Å². The zero-order chi connectivity index (χ0) is 18.9. The molecule has 8 heteroatoms. The molecule has 1 saturated heterocycles. The summed E-state index contributed by atoms with van der Waals surface area (Å²) in [7, 11) is -4.24. The van der Waals surface area contributed by atoms with Crippen molar-refractivity contribution in [1.82, 2.24) is 5.06 Å². The maximum Gasteiger partial charge on any atom is 0.289 e. The monoisotopic (exact) mass is 383 g/mol. The van der Waals surface area contributed by atoms with E-state index in [-0.39, 0.29) is 11.7 Å². The van der Waals surface area contributed by atoms with Gasteiger partial charge in [0.2, 0.25) is 0 Å². The van der Waals surface area contributed by atoms with Gasteiger partial charge in [-0.05, 0) is 37.0 Å². The number of hydroxylamine groups is 2. The fraction of sp³-hybridized carbons (Fsp3) is 0.833. The van der Waals surface area contributed by atoms with E-state index in [9.17, 15) is 22.8 Å². The molecule has 0 radical (unpaired) electrons. The average Bonchev–Trinajstić information content (AvgIpc) is 3.02. The van der Waals surface area contributed by atoms with Gasteiger partial charge in [-0.3, -0.25) is 14.4 Å². The molecule has 4 atom stereocenters. The van der Waals surface area contributed by atoms with Crippen molar-refractivity contribution in [2.45, 2.75) is 58.8 Å². The second-order valence-corrected chi connectivity index (χ2v) is 10.5. The van der Waals surface area contributed by atoms with Crippen LogP contribution < -0.4 is 0 Å². The summed E-state index contributed by atoms with van der Waals surface area (Å²) < 4.78 is 30.5. The van der Waals surface area contributed by atoms with E-state index in [1.54, 1.807) is 0 Å². The van der Waals surface area contributed by atoms with Gasteiger partial charge in [-0.1, -0.05) is 26.7 Å². The molecule has 144 valence electrons. The standard InChI is InChI=1S/C18H25NO6S/c1-17(2)11-7-8-18(17,14(20)9-11)10-26(23,24)25-19-15(21)12-5-3-4-6-13(12)16(19)22/h11-13H,3-10H2,1-2H3. The van der Waals surface area contributed by atoms with Crippen molar-refractivity contribution in [2.75, 3.05) is 5.75 Å². The first-order valence-electron chi connectivity index (χ1n) is 9.42. The Morgan fingerprint density at radius 1 is 1.04 bits per heavy atom. The van der Waals surface area contributed by atoms with Crippen molar-refractivity contribution in [3.8, 4) is 0 Å². The quantitative estimate of drug-likeness (QED) is 0.687. The lowest BCUT2D eigenvalue weighted by Gasteiger charge is -2.35. The lowest BCUT2D eigenvalue weighted by Crippen LogP contribution is -2.44. The number of imide groups is 1. The van der Waals surface area contributed by atoms with Gasteiger partial charge >= 0.3 is 0 Å². The summed E-state index contributed by atoms with van der Waals surface area (Å²) in [6.07, 6.45) is 4.62. The van der Waals surface area contributed by atoms with Crippen LogP contribution in [0.25, 0.3) is 0 Å². The molecule has 3 aliphatic carbocycles. The molecule has 1 heterocycles. The molecule has 4 aliphatic rings. The first-order valence-corrected chi connectivity index (χ1v) is 11.0. The van der Waals surface area contributed by atoms with E-state index in [1.807, 2.05) is 13.8 Å². The first-order chi connectivity index (χ1) is 12.1. The highest BCUT2D eigenvalue weighted by atomic mass is 32.2. The van der Waals surface area contributed by atoms with Crippen LogP contribution in [0.1, 0.15) is 58.8 Å². The molecule has 2 amide bonds. The lowest BCUT2D eigenvalue weighted by molar-refractivity contribution is -0.165. The molecule has 0 spiro atoms. The highest BCUT2D eigenvalue weighted by Gasteiger charge is 2.66. The molecule has 26 heavy (non-hydrogen) atoms. The van der Waals surface area contributed by atoms with Crippen LogP contribution in [0.2, 0.25) is 0 Å². The Labute approximate surface area is 153 Å². The Kier molecular flexibility index (Phi) is 3.91. The van der Waals surface area contributed by atoms with Crippen LogP contribution in [0.5, 0.6) is 0 Å². The van der Waals surface area contributed by atoms with Gasteiger partial charge in [0.1, 0.15) is 5.78 Å². The third kappa shape index (κ3) is 2.34. The maximum atomic E-state index is 12.7. The van der Waals surface area contributed by atoms with Gasteiger partial charge in [0.15, 0.2) is 0 Å². The van der Waals surface area contributed by atoms with Crippen LogP contribution in [-0.2, 0) is 28.8 Å². The summed E-state index contributed by atoms with van der Waals surface area (Å²) in [5.74, 6) is -2.37. The van der Waals surface area contributed by atoms with Crippen LogP contribution in [-0.4, -0.2) is 36.8 Å². The van der Waals surface area contributed by atoms with E-state index in [1.165, 1.54) is 0 Å². The fourth-order valence-corrected chi connectivity index (χ4v) is 7.46. The number of hydrogen-bond donors (Lipinski definition) is 0.